The van der Waals surface area contributed by atoms with Crippen LogP contribution in [0, 0.1) is 10.1 Å². The van der Waals surface area contributed by atoms with Gasteiger partial charge in [0.15, 0.2) is 5.82 Å². The van der Waals surface area contributed by atoms with Crippen molar-refractivity contribution in [2.24, 2.45) is 0 Å². The van der Waals surface area contributed by atoms with Gasteiger partial charge in [-0.25, -0.2) is 9.67 Å². The van der Waals surface area contributed by atoms with E-state index in [1.54, 1.807) is 30.5 Å². The van der Waals surface area contributed by atoms with Crippen LogP contribution in [0.3, 0.4) is 0 Å². The van der Waals surface area contributed by atoms with Gasteiger partial charge in [-0.05, 0) is 24.3 Å². The molecule has 9 heteroatoms. The summed E-state index contributed by atoms with van der Waals surface area (Å²) >= 11 is 0. The number of non-ortho nitro benzene ring substituents is 1. The molecule has 0 saturated heterocycles. The second kappa shape index (κ2) is 7.69. The average Bonchev–Trinajstić information content (AvgIpc) is 3.27. The number of benzene rings is 1. The third kappa shape index (κ3) is 4.49. The van der Waals surface area contributed by atoms with Crippen LogP contribution in [0.15, 0.2) is 53.4 Å². The molecule has 3 aromatic rings. The fraction of sp³-hybridized carbons (Fsp3) is 0.250. The van der Waals surface area contributed by atoms with Crippen LogP contribution in [0.4, 0.5) is 5.69 Å². The lowest BCUT2D eigenvalue weighted by Gasteiger charge is -2.10. The lowest BCUT2D eigenvalue weighted by Crippen LogP contribution is -2.22. The minimum absolute atomic E-state index is 0.00677. The van der Waals surface area contributed by atoms with Gasteiger partial charge in [-0.1, -0.05) is 0 Å². The Morgan fingerprint density at radius 1 is 1.32 bits per heavy atom. The monoisotopic (exact) mass is 344 g/mol. The van der Waals surface area contributed by atoms with E-state index in [0.29, 0.717) is 17.1 Å². The van der Waals surface area contributed by atoms with E-state index in [2.05, 4.69) is 10.1 Å². The second-order valence-electron chi connectivity index (χ2n) is 5.34. The van der Waals surface area contributed by atoms with Crippen LogP contribution >= 0.6 is 0 Å². The summed E-state index contributed by atoms with van der Waals surface area (Å²) in [6.45, 7) is 0.640. The average molecular weight is 344 g/mol. The van der Waals surface area contributed by atoms with E-state index in [0.717, 1.165) is 0 Å². The first kappa shape index (κ1) is 16.8. The van der Waals surface area contributed by atoms with Gasteiger partial charge in [-0.2, -0.15) is 5.10 Å². The number of aromatic nitrogens is 3. The maximum atomic E-state index is 10.7. The van der Waals surface area contributed by atoms with E-state index in [1.807, 2.05) is 0 Å². The number of ether oxygens (including phenoxy) is 1. The molecule has 0 aliphatic heterocycles. The molecule has 0 bridgehead atoms. The van der Waals surface area contributed by atoms with Gasteiger partial charge in [0.25, 0.3) is 5.69 Å². The van der Waals surface area contributed by atoms with Gasteiger partial charge in [0, 0.05) is 17.7 Å². The molecule has 25 heavy (non-hydrogen) atoms. The summed E-state index contributed by atoms with van der Waals surface area (Å²) in [5, 5.41) is 24.9. The molecular weight excluding hydrogens is 328 g/mol. The molecule has 1 aromatic carbocycles. The van der Waals surface area contributed by atoms with Crippen molar-refractivity contribution < 1.29 is 19.2 Å². The van der Waals surface area contributed by atoms with Crippen molar-refractivity contribution in [3.63, 3.8) is 0 Å². The smallest absolute Gasteiger partial charge is 0.269 e. The van der Waals surface area contributed by atoms with E-state index in [4.69, 9.17) is 9.15 Å². The van der Waals surface area contributed by atoms with Gasteiger partial charge in [0.1, 0.15) is 18.7 Å². The van der Waals surface area contributed by atoms with E-state index < -0.39 is 11.0 Å². The summed E-state index contributed by atoms with van der Waals surface area (Å²) in [5.74, 6) is 1.12. The van der Waals surface area contributed by atoms with Gasteiger partial charge >= 0.3 is 0 Å². The summed E-state index contributed by atoms with van der Waals surface area (Å²) in [4.78, 5) is 14.3. The minimum atomic E-state index is -0.749. The maximum absolute atomic E-state index is 10.7. The van der Waals surface area contributed by atoms with Gasteiger partial charge < -0.3 is 14.3 Å². The van der Waals surface area contributed by atoms with Crippen molar-refractivity contribution in [1.29, 1.82) is 0 Å². The Morgan fingerprint density at radius 2 is 2.12 bits per heavy atom. The topological polar surface area (TPSA) is 116 Å². The Balaban J connectivity index is 1.53. The van der Waals surface area contributed by atoms with Crippen LogP contribution in [0.25, 0.3) is 11.4 Å². The zero-order chi connectivity index (χ0) is 17.6. The Hall–Kier alpha value is -3.04. The van der Waals surface area contributed by atoms with Crippen molar-refractivity contribution in [2.75, 3.05) is 6.61 Å². The summed E-state index contributed by atoms with van der Waals surface area (Å²) < 4.78 is 12.0. The highest BCUT2D eigenvalue weighted by Crippen LogP contribution is 2.18. The van der Waals surface area contributed by atoms with Crippen LogP contribution in [0.5, 0.6) is 0 Å². The molecule has 0 amide bonds. The Morgan fingerprint density at radius 3 is 2.80 bits per heavy atom. The maximum Gasteiger partial charge on any atom is 0.269 e. The number of hydrogen-bond donors (Lipinski definition) is 1. The van der Waals surface area contributed by atoms with Gasteiger partial charge in [-0.15, -0.1) is 0 Å². The Bertz CT molecular complexity index is 813. The second-order valence-corrected chi connectivity index (χ2v) is 5.34. The molecule has 1 N–H and O–H groups in total. The Labute approximate surface area is 142 Å². The standard InChI is InChI=1S/C16H16N4O5/c21-14(9-24-10-15-2-1-7-25-15)8-19-11-17-16(18-19)12-3-5-13(6-4-12)20(22)23/h1-7,11,14,21H,8-10H2. The lowest BCUT2D eigenvalue weighted by atomic mass is 10.2. The molecule has 1 atom stereocenters. The number of aliphatic hydroxyl groups is 1. The highest BCUT2D eigenvalue weighted by molar-refractivity contribution is 5.56. The van der Waals surface area contributed by atoms with E-state index >= 15 is 0 Å². The zero-order valence-corrected chi connectivity index (χ0v) is 13.2. The first-order chi connectivity index (χ1) is 12.1. The molecule has 0 radical (unpaired) electrons. The van der Waals surface area contributed by atoms with Crippen molar-refractivity contribution in [1.82, 2.24) is 14.8 Å². The molecule has 9 nitrogen and oxygen atoms in total. The largest absolute Gasteiger partial charge is 0.467 e. The van der Waals surface area contributed by atoms with Crippen molar-refractivity contribution in [2.45, 2.75) is 19.3 Å². The van der Waals surface area contributed by atoms with Crippen molar-refractivity contribution >= 4 is 5.69 Å². The number of hydrogen-bond acceptors (Lipinski definition) is 7. The first-order valence-electron chi connectivity index (χ1n) is 7.54. The van der Waals surface area contributed by atoms with Crippen LogP contribution in [-0.2, 0) is 17.9 Å². The molecule has 130 valence electrons. The van der Waals surface area contributed by atoms with E-state index in [-0.39, 0.29) is 25.4 Å². The van der Waals surface area contributed by atoms with Gasteiger partial charge in [0.05, 0.1) is 30.4 Å². The molecule has 0 fully saturated rings. The summed E-state index contributed by atoms with van der Waals surface area (Å²) in [6, 6.07) is 9.52. The number of rotatable bonds is 8. The van der Waals surface area contributed by atoms with Crippen LogP contribution in [0.2, 0.25) is 0 Å². The third-order valence-electron chi connectivity index (χ3n) is 3.41. The first-order valence-corrected chi connectivity index (χ1v) is 7.54. The zero-order valence-electron chi connectivity index (χ0n) is 13.2. The predicted molar refractivity (Wildman–Crippen MR) is 86.5 cm³/mol. The van der Waals surface area contributed by atoms with Crippen LogP contribution in [0.1, 0.15) is 5.76 Å². The molecule has 2 heterocycles. The molecule has 2 aromatic heterocycles. The summed E-state index contributed by atoms with van der Waals surface area (Å²) in [5.41, 5.74) is 0.667. The van der Waals surface area contributed by atoms with Crippen molar-refractivity contribution in [3.05, 3.63) is 64.9 Å². The number of nitro groups is 1. The summed E-state index contributed by atoms with van der Waals surface area (Å²) in [7, 11) is 0. The lowest BCUT2D eigenvalue weighted by molar-refractivity contribution is -0.384. The predicted octanol–water partition coefficient (Wildman–Crippen LogP) is 2.02. The van der Waals surface area contributed by atoms with Crippen molar-refractivity contribution in [3.8, 4) is 11.4 Å². The van der Waals surface area contributed by atoms with Crippen LogP contribution in [-0.4, -0.2) is 37.5 Å². The molecule has 3 rings (SSSR count). The van der Waals surface area contributed by atoms with Gasteiger partial charge in [-0.3, -0.25) is 10.1 Å². The minimum Gasteiger partial charge on any atom is -0.467 e. The molecule has 1 unspecified atom stereocenters. The van der Waals surface area contributed by atoms with E-state index in [1.165, 1.54) is 23.1 Å². The molecular formula is C16H16N4O5. The molecule has 0 spiro atoms. The normalized spacial score (nSPS) is 12.2. The van der Waals surface area contributed by atoms with E-state index in [9.17, 15) is 15.2 Å². The fourth-order valence-electron chi connectivity index (χ4n) is 2.21. The molecule has 0 saturated carbocycles. The fourth-order valence-corrected chi connectivity index (χ4v) is 2.21. The SMILES string of the molecule is O=[N+]([O-])c1ccc(-c2ncn(CC(O)COCc3ccco3)n2)cc1. The molecule has 0 aliphatic carbocycles. The highest BCUT2D eigenvalue weighted by Gasteiger charge is 2.11. The number of nitrogens with zero attached hydrogens (tertiary/aromatic N) is 4. The summed E-state index contributed by atoms with van der Waals surface area (Å²) in [6.07, 6.45) is 2.30. The Kier molecular flexibility index (Phi) is 5.17. The quantitative estimate of drug-likeness (QED) is 0.491. The number of furan rings is 1. The van der Waals surface area contributed by atoms with Gasteiger partial charge in [0.2, 0.25) is 0 Å². The number of nitro benzene ring substituents is 1. The number of aliphatic hydroxyl groups excluding tert-OH is 1. The third-order valence-corrected chi connectivity index (χ3v) is 3.41. The van der Waals surface area contributed by atoms with Crippen LogP contribution < -0.4 is 0 Å². The highest BCUT2D eigenvalue weighted by atomic mass is 16.6. The molecule has 0 aliphatic rings.